The van der Waals surface area contributed by atoms with Crippen molar-refractivity contribution in [2.45, 2.75) is 45.6 Å². The maximum absolute atomic E-state index is 10.7. The molecular formula is C9H17NO. The number of hydrogen-bond acceptors (Lipinski definition) is 1. The molecule has 1 fully saturated rings. The molecule has 2 atom stereocenters. The van der Waals surface area contributed by atoms with Crippen LogP contribution in [0.1, 0.15) is 39.5 Å². The van der Waals surface area contributed by atoms with Gasteiger partial charge in [0, 0.05) is 13.0 Å². The van der Waals surface area contributed by atoms with Crippen LogP contribution in [0.3, 0.4) is 0 Å². The van der Waals surface area contributed by atoms with Gasteiger partial charge in [-0.3, -0.25) is 4.79 Å². The second-order valence-corrected chi connectivity index (χ2v) is 3.67. The molecule has 1 amide bonds. The van der Waals surface area contributed by atoms with Crippen molar-refractivity contribution in [3.63, 3.8) is 0 Å². The van der Waals surface area contributed by atoms with Crippen LogP contribution in [0.25, 0.3) is 0 Å². The Labute approximate surface area is 68.4 Å². The van der Waals surface area contributed by atoms with Gasteiger partial charge in [-0.25, -0.2) is 0 Å². The first kappa shape index (κ1) is 8.57. The molecule has 1 aliphatic rings. The average molecular weight is 155 g/mol. The minimum atomic E-state index is 0.115. The summed E-state index contributed by atoms with van der Waals surface area (Å²) in [4.78, 5) is 10.7. The van der Waals surface area contributed by atoms with E-state index in [1.807, 2.05) is 0 Å². The van der Waals surface area contributed by atoms with Crippen molar-refractivity contribution in [3.8, 4) is 0 Å². The molecule has 0 aromatic rings. The molecule has 0 spiro atoms. The van der Waals surface area contributed by atoms with Crippen molar-refractivity contribution in [3.05, 3.63) is 0 Å². The van der Waals surface area contributed by atoms with E-state index in [0.717, 1.165) is 5.92 Å². The molecule has 2 heteroatoms. The van der Waals surface area contributed by atoms with Crippen molar-refractivity contribution in [1.29, 1.82) is 0 Å². The summed E-state index contributed by atoms with van der Waals surface area (Å²) in [6.45, 7) is 3.85. The quantitative estimate of drug-likeness (QED) is 0.613. The van der Waals surface area contributed by atoms with E-state index in [2.05, 4.69) is 12.2 Å². The van der Waals surface area contributed by atoms with Crippen LogP contribution in [0, 0.1) is 5.92 Å². The SMILES string of the molecule is CC(=O)NC1CCC[C@H](C)C1. The van der Waals surface area contributed by atoms with Gasteiger partial charge >= 0.3 is 0 Å². The standard InChI is InChI=1S/C9H17NO/c1-7-4-3-5-9(6-7)10-8(2)11/h7,9H,3-6H2,1-2H3,(H,10,11)/t7-,9?/m0/s1. The van der Waals surface area contributed by atoms with Gasteiger partial charge in [-0.2, -0.15) is 0 Å². The molecule has 1 rings (SSSR count). The molecule has 1 saturated carbocycles. The van der Waals surface area contributed by atoms with Crippen molar-refractivity contribution >= 4 is 5.91 Å². The predicted octanol–water partition coefficient (Wildman–Crippen LogP) is 1.70. The van der Waals surface area contributed by atoms with E-state index < -0.39 is 0 Å². The number of carbonyl (C=O) groups is 1. The molecule has 0 radical (unpaired) electrons. The highest BCUT2D eigenvalue weighted by Crippen LogP contribution is 2.23. The van der Waals surface area contributed by atoms with Crippen LogP contribution >= 0.6 is 0 Å². The molecule has 0 heterocycles. The van der Waals surface area contributed by atoms with Crippen LogP contribution in [0.2, 0.25) is 0 Å². The fourth-order valence-electron chi connectivity index (χ4n) is 1.85. The first-order valence-corrected chi connectivity index (χ1v) is 4.45. The number of rotatable bonds is 1. The first-order valence-electron chi connectivity index (χ1n) is 4.45. The minimum absolute atomic E-state index is 0.115. The van der Waals surface area contributed by atoms with E-state index in [9.17, 15) is 4.79 Å². The van der Waals surface area contributed by atoms with Gasteiger partial charge in [-0.1, -0.05) is 19.8 Å². The highest BCUT2D eigenvalue weighted by molar-refractivity contribution is 5.73. The topological polar surface area (TPSA) is 29.1 Å². The van der Waals surface area contributed by atoms with Crippen molar-refractivity contribution < 1.29 is 4.79 Å². The average Bonchev–Trinajstić information content (AvgIpc) is 1.85. The van der Waals surface area contributed by atoms with Crippen LogP contribution in [0.5, 0.6) is 0 Å². The zero-order valence-electron chi connectivity index (χ0n) is 7.39. The van der Waals surface area contributed by atoms with Crippen LogP contribution in [0.15, 0.2) is 0 Å². The summed E-state index contributed by atoms with van der Waals surface area (Å²) in [6, 6.07) is 0.455. The molecule has 0 aromatic heterocycles. The summed E-state index contributed by atoms with van der Waals surface area (Å²) < 4.78 is 0. The number of amides is 1. The lowest BCUT2D eigenvalue weighted by Crippen LogP contribution is -2.36. The molecule has 0 aliphatic heterocycles. The van der Waals surface area contributed by atoms with Gasteiger partial charge in [0.25, 0.3) is 0 Å². The van der Waals surface area contributed by atoms with Gasteiger partial charge in [-0.15, -0.1) is 0 Å². The highest BCUT2D eigenvalue weighted by Gasteiger charge is 2.18. The van der Waals surface area contributed by atoms with E-state index in [1.165, 1.54) is 25.7 Å². The zero-order valence-corrected chi connectivity index (χ0v) is 7.39. The molecule has 1 aliphatic carbocycles. The first-order chi connectivity index (χ1) is 5.18. The molecule has 11 heavy (non-hydrogen) atoms. The molecule has 64 valence electrons. The van der Waals surface area contributed by atoms with Crippen molar-refractivity contribution in [2.24, 2.45) is 5.92 Å². The van der Waals surface area contributed by atoms with E-state index in [1.54, 1.807) is 6.92 Å². The summed E-state index contributed by atoms with van der Waals surface area (Å²) in [5.41, 5.74) is 0. The second-order valence-electron chi connectivity index (χ2n) is 3.67. The Balaban J connectivity index is 2.28. The maximum atomic E-state index is 10.7. The maximum Gasteiger partial charge on any atom is 0.217 e. The fraction of sp³-hybridized carbons (Fsp3) is 0.889. The number of carbonyl (C=O) groups excluding carboxylic acids is 1. The molecule has 1 unspecified atom stereocenters. The molecule has 0 bridgehead atoms. The van der Waals surface area contributed by atoms with Gasteiger partial charge in [-0.05, 0) is 18.8 Å². The lowest BCUT2D eigenvalue weighted by molar-refractivity contribution is -0.119. The van der Waals surface area contributed by atoms with Gasteiger partial charge in [0.2, 0.25) is 5.91 Å². The third-order valence-electron chi connectivity index (χ3n) is 2.34. The van der Waals surface area contributed by atoms with Crippen molar-refractivity contribution in [2.75, 3.05) is 0 Å². The molecule has 2 nitrogen and oxygen atoms in total. The van der Waals surface area contributed by atoms with Crippen LogP contribution in [-0.4, -0.2) is 11.9 Å². The normalized spacial score (nSPS) is 31.5. The molecular weight excluding hydrogens is 138 g/mol. The second kappa shape index (κ2) is 3.74. The highest BCUT2D eigenvalue weighted by atomic mass is 16.1. The Morgan fingerprint density at radius 1 is 1.45 bits per heavy atom. The minimum Gasteiger partial charge on any atom is -0.354 e. The fourth-order valence-corrected chi connectivity index (χ4v) is 1.85. The zero-order chi connectivity index (χ0) is 8.27. The smallest absolute Gasteiger partial charge is 0.217 e. The monoisotopic (exact) mass is 155 g/mol. The summed E-state index contributed by atoms with van der Waals surface area (Å²) in [5, 5.41) is 2.97. The summed E-state index contributed by atoms with van der Waals surface area (Å²) >= 11 is 0. The van der Waals surface area contributed by atoms with Crippen LogP contribution in [0.4, 0.5) is 0 Å². The van der Waals surface area contributed by atoms with Crippen molar-refractivity contribution in [1.82, 2.24) is 5.32 Å². The molecule has 1 N–H and O–H groups in total. The third kappa shape index (κ3) is 2.91. The number of hydrogen-bond donors (Lipinski definition) is 1. The largest absolute Gasteiger partial charge is 0.354 e. The third-order valence-corrected chi connectivity index (χ3v) is 2.34. The van der Waals surface area contributed by atoms with E-state index >= 15 is 0 Å². The summed E-state index contributed by atoms with van der Waals surface area (Å²) in [7, 11) is 0. The summed E-state index contributed by atoms with van der Waals surface area (Å²) in [6.07, 6.45) is 4.94. The van der Waals surface area contributed by atoms with Crippen LogP contribution < -0.4 is 5.32 Å². The van der Waals surface area contributed by atoms with E-state index in [-0.39, 0.29) is 5.91 Å². The van der Waals surface area contributed by atoms with Gasteiger partial charge < -0.3 is 5.32 Å². The van der Waals surface area contributed by atoms with Gasteiger partial charge in [0.15, 0.2) is 0 Å². The Hall–Kier alpha value is -0.530. The number of nitrogens with one attached hydrogen (secondary N) is 1. The van der Waals surface area contributed by atoms with Gasteiger partial charge in [0.05, 0.1) is 0 Å². The Morgan fingerprint density at radius 2 is 2.18 bits per heavy atom. The van der Waals surface area contributed by atoms with E-state index in [0.29, 0.717) is 6.04 Å². The lowest BCUT2D eigenvalue weighted by Gasteiger charge is -2.26. The van der Waals surface area contributed by atoms with E-state index in [4.69, 9.17) is 0 Å². The Morgan fingerprint density at radius 3 is 2.73 bits per heavy atom. The van der Waals surface area contributed by atoms with Gasteiger partial charge in [0.1, 0.15) is 0 Å². The Kier molecular flexibility index (Phi) is 2.92. The summed E-state index contributed by atoms with van der Waals surface area (Å²) in [5.74, 6) is 0.907. The molecule has 0 aromatic carbocycles. The van der Waals surface area contributed by atoms with Crippen LogP contribution in [-0.2, 0) is 4.79 Å². The lowest BCUT2D eigenvalue weighted by atomic mass is 9.87. The molecule has 0 saturated heterocycles. The predicted molar refractivity (Wildman–Crippen MR) is 45.2 cm³/mol. The Bertz CT molecular complexity index is 144.